The van der Waals surface area contributed by atoms with E-state index in [-0.39, 0.29) is 16.1 Å². The van der Waals surface area contributed by atoms with Crippen molar-refractivity contribution in [3.8, 4) is 0 Å². The maximum absolute atomic E-state index is 11.2. The van der Waals surface area contributed by atoms with Gasteiger partial charge in [-0.15, -0.1) is 0 Å². The van der Waals surface area contributed by atoms with Gasteiger partial charge in [-0.25, -0.2) is 4.48 Å². The number of nitrogens with two attached hydrogens (primary N) is 1. The Hall–Kier alpha value is -0.610. The van der Waals surface area contributed by atoms with E-state index in [1.165, 1.54) is 0 Å². The van der Waals surface area contributed by atoms with Crippen molar-refractivity contribution in [2.24, 2.45) is 5.73 Å². The van der Waals surface area contributed by atoms with Crippen LogP contribution < -0.4 is 5.73 Å². The fraction of sp³-hybridized carbons (Fsp3) is 0.889. The first-order valence-corrected chi connectivity index (χ1v) is 4.66. The summed E-state index contributed by atoms with van der Waals surface area (Å²) in [5.74, 6) is 0. The van der Waals surface area contributed by atoms with Crippen molar-refractivity contribution in [3.63, 3.8) is 0 Å². The van der Waals surface area contributed by atoms with Crippen LogP contribution in [0.25, 0.3) is 0 Å². The molecule has 1 aliphatic heterocycles. The van der Waals surface area contributed by atoms with Gasteiger partial charge in [0.05, 0.1) is 12.6 Å². The van der Waals surface area contributed by atoms with Gasteiger partial charge in [-0.2, -0.15) is 4.79 Å². The summed E-state index contributed by atoms with van der Waals surface area (Å²) < 4.78 is 0.105. The van der Waals surface area contributed by atoms with Crippen LogP contribution in [0.2, 0.25) is 0 Å². The third-order valence-electron chi connectivity index (χ3n) is 3.08. The van der Waals surface area contributed by atoms with E-state index < -0.39 is 6.09 Å². The van der Waals surface area contributed by atoms with E-state index in [0.29, 0.717) is 13.1 Å². The summed E-state index contributed by atoms with van der Waals surface area (Å²) in [7, 11) is 0. The summed E-state index contributed by atoms with van der Waals surface area (Å²) in [5, 5.41) is 9.23. The van der Waals surface area contributed by atoms with Crippen LogP contribution >= 0.6 is 0 Å². The molecule has 0 aromatic heterocycles. The van der Waals surface area contributed by atoms with Crippen LogP contribution in [0.1, 0.15) is 27.2 Å². The molecule has 1 unspecified atom stereocenters. The zero-order chi connectivity index (χ0) is 10.3. The quantitative estimate of drug-likeness (QED) is 0.556. The third-order valence-corrected chi connectivity index (χ3v) is 3.08. The van der Waals surface area contributed by atoms with E-state index in [2.05, 4.69) is 0 Å². The lowest BCUT2D eigenvalue weighted by Crippen LogP contribution is -2.62. The summed E-state index contributed by atoms with van der Waals surface area (Å²) in [4.78, 5) is 11.2. The molecule has 76 valence electrons. The fourth-order valence-electron chi connectivity index (χ4n) is 2.04. The maximum Gasteiger partial charge on any atom is 0.514 e. The van der Waals surface area contributed by atoms with Gasteiger partial charge in [-0.05, 0) is 20.8 Å². The molecular weight excluding hydrogens is 168 g/mol. The lowest BCUT2D eigenvalue weighted by atomic mass is 10.0. The molecule has 0 saturated carbocycles. The molecular formula is C9H19N2O2+. The van der Waals surface area contributed by atoms with Gasteiger partial charge in [0.25, 0.3) is 0 Å². The molecule has 4 heteroatoms. The van der Waals surface area contributed by atoms with E-state index in [9.17, 15) is 9.90 Å². The van der Waals surface area contributed by atoms with Gasteiger partial charge in [-0.1, -0.05) is 0 Å². The highest BCUT2D eigenvalue weighted by molar-refractivity contribution is 5.57. The summed E-state index contributed by atoms with van der Waals surface area (Å²) in [6, 6.07) is 0.0373. The van der Waals surface area contributed by atoms with Gasteiger partial charge >= 0.3 is 6.09 Å². The topological polar surface area (TPSA) is 63.3 Å². The largest absolute Gasteiger partial charge is 0.514 e. The van der Waals surface area contributed by atoms with Crippen LogP contribution in [0.4, 0.5) is 4.79 Å². The number of hydrogen-bond donors (Lipinski definition) is 2. The molecule has 0 aromatic rings. The van der Waals surface area contributed by atoms with Gasteiger partial charge in [0.2, 0.25) is 0 Å². The summed E-state index contributed by atoms with van der Waals surface area (Å²) in [6.45, 7) is 7.08. The van der Waals surface area contributed by atoms with E-state index in [4.69, 9.17) is 5.73 Å². The highest BCUT2D eigenvalue weighted by Crippen LogP contribution is 2.30. The average molecular weight is 187 g/mol. The number of rotatable bonds is 0. The van der Waals surface area contributed by atoms with Gasteiger partial charge < -0.3 is 10.8 Å². The second kappa shape index (κ2) is 2.96. The molecule has 3 N–H and O–H groups in total. The highest BCUT2D eigenvalue weighted by Gasteiger charge is 2.52. The van der Waals surface area contributed by atoms with Crippen LogP contribution in [0.15, 0.2) is 0 Å². The van der Waals surface area contributed by atoms with E-state index in [1.54, 1.807) is 0 Å². The summed E-state index contributed by atoms with van der Waals surface area (Å²) in [6.07, 6.45) is 0.0595. The minimum Gasteiger partial charge on any atom is -0.435 e. The Morgan fingerprint density at radius 2 is 2.08 bits per heavy atom. The van der Waals surface area contributed by atoms with Crippen molar-refractivity contribution < 1.29 is 14.4 Å². The first kappa shape index (κ1) is 10.5. The maximum atomic E-state index is 11.2. The molecule has 0 radical (unpaired) electrons. The van der Waals surface area contributed by atoms with E-state index in [1.807, 2.05) is 20.8 Å². The van der Waals surface area contributed by atoms with E-state index in [0.717, 1.165) is 6.42 Å². The lowest BCUT2D eigenvalue weighted by molar-refractivity contribution is -0.892. The standard InChI is InChI=1S/C9H18N2O2/c1-9(2,3)11(8(12)13)5-4-7(10)6-11/h7H,4-6,10H2,1-3H3/p+1/t7-,11?/m0/s1. The van der Waals surface area contributed by atoms with Gasteiger partial charge in [0.15, 0.2) is 0 Å². The SMILES string of the molecule is CC(C)(C)[N+]1(C(=O)O)CC[C@H](N)C1. The molecule has 4 nitrogen and oxygen atoms in total. The first-order chi connectivity index (χ1) is 5.79. The first-order valence-electron chi connectivity index (χ1n) is 4.66. The molecule has 0 aromatic carbocycles. The average Bonchev–Trinajstić information content (AvgIpc) is 2.30. The Balaban J connectivity index is 2.97. The molecule has 0 bridgehead atoms. The van der Waals surface area contributed by atoms with Crippen molar-refractivity contribution >= 4 is 6.09 Å². The lowest BCUT2D eigenvalue weighted by Gasteiger charge is -2.40. The highest BCUT2D eigenvalue weighted by atomic mass is 16.4. The van der Waals surface area contributed by atoms with Crippen molar-refractivity contribution in [3.05, 3.63) is 0 Å². The van der Waals surface area contributed by atoms with Crippen LogP contribution in [-0.2, 0) is 0 Å². The normalized spacial score (nSPS) is 34.9. The van der Waals surface area contributed by atoms with E-state index >= 15 is 0 Å². The molecule has 0 spiro atoms. The van der Waals surface area contributed by atoms with Crippen molar-refractivity contribution in [1.82, 2.24) is 0 Å². The Kier molecular flexibility index (Phi) is 2.38. The van der Waals surface area contributed by atoms with Crippen molar-refractivity contribution in [1.29, 1.82) is 0 Å². The van der Waals surface area contributed by atoms with Crippen molar-refractivity contribution in [2.45, 2.75) is 38.8 Å². The summed E-state index contributed by atoms with van der Waals surface area (Å²) in [5.41, 5.74) is 5.50. The number of hydrogen-bond acceptors (Lipinski definition) is 2. The number of carboxylic acid groups (broad SMARTS) is 1. The molecule has 1 amide bonds. The van der Waals surface area contributed by atoms with Gasteiger partial charge in [-0.3, -0.25) is 0 Å². The molecule has 2 atom stereocenters. The molecule has 13 heavy (non-hydrogen) atoms. The summed E-state index contributed by atoms with van der Waals surface area (Å²) >= 11 is 0. The van der Waals surface area contributed by atoms with Crippen LogP contribution in [-0.4, -0.2) is 40.4 Å². The minimum atomic E-state index is -0.750. The molecule has 1 fully saturated rings. The number of quaternary nitrogens is 1. The zero-order valence-corrected chi connectivity index (χ0v) is 8.58. The number of nitrogens with zero attached hydrogens (tertiary/aromatic N) is 1. The van der Waals surface area contributed by atoms with Gasteiger partial charge in [0.1, 0.15) is 12.1 Å². The molecule has 1 aliphatic rings. The molecule has 1 heterocycles. The number of likely N-dealkylation sites (tertiary alicyclic amines) is 1. The van der Waals surface area contributed by atoms with Crippen LogP contribution in [0.5, 0.6) is 0 Å². The molecule has 1 rings (SSSR count). The van der Waals surface area contributed by atoms with Crippen molar-refractivity contribution in [2.75, 3.05) is 13.1 Å². The van der Waals surface area contributed by atoms with Crippen LogP contribution in [0, 0.1) is 0 Å². The number of carbonyl (C=O) groups is 1. The Morgan fingerprint density at radius 1 is 1.54 bits per heavy atom. The predicted octanol–water partition coefficient (Wildman–Crippen LogP) is 1.01. The monoisotopic (exact) mass is 187 g/mol. The molecule has 0 aliphatic carbocycles. The Bertz CT molecular complexity index is 222. The smallest absolute Gasteiger partial charge is 0.435 e. The Labute approximate surface area is 78.9 Å². The second-order valence-corrected chi connectivity index (χ2v) is 4.88. The predicted molar refractivity (Wildman–Crippen MR) is 50.4 cm³/mol. The number of amides is 1. The minimum absolute atomic E-state index is 0.0373. The Morgan fingerprint density at radius 3 is 2.23 bits per heavy atom. The van der Waals surface area contributed by atoms with Gasteiger partial charge in [0, 0.05) is 6.42 Å². The zero-order valence-electron chi connectivity index (χ0n) is 8.58. The third kappa shape index (κ3) is 1.56. The van der Waals surface area contributed by atoms with Crippen LogP contribution in [0.3, 0.4) is 0 Å². The second-order valence-electron chi connectivity index (χ2n) is 4.88. The fourth-order valence-corrected chi connectivity index (χ4v) is 2.04. The molecule has 1 saturated heterocycles.